The zero-order valence-electron chi connectivity index (χ0n) is 13.7. The molecule has 0 radical (unpaired) electrons. The highest BCUT2D eigenvalue weighted by molar-refractivity contribution is 6.00. The Kier molecular flexibility index (Phi) is 3.56. The third-order valence-corrected chi connectivity index (χ3v) is 4.22. The summed E-state index contributed by atoms with van der Waals surface area (Å²) < 4.78 is 21.1. The minimum Gasteiger partial charge on any atom is -0.489 e. The van der Waals surface area contributed by atoms with Crippen LogP contribution in [0.3, 0.4) is 0 Å². The fraction of sp³-hybridized carbons (Fsp3) is 0.222. The van der Waals surface area contributed by atoms with Crippen molar-refractivity contribution < 1.29 is 13.9 Å². The third-order valence-electron chi connectivity index (χ3n) is 4.22. The Hall–Kier alpha value is -3.09. The summed E-state index contributed by atoms with van der Waals surface area (Å²) in [4.78, 5) is 15.7. The van der Waals surface area contributed by atoms with Crippen molar-refractivity contribution in [2.45, 2.75) is 26.4 Å². The van der Waals surface area contributed by atoms with Crippen molar-refractivity contribution in [1.82, 2.24) is 20.0 Å². The van der Waals surface area contributed by atoms with Gasteiger partial charge in [0.25, 0.3) is 0 Å². The predicted molar refractivity (Wildman–Crippen MR) is 88.3 cm³/mol. The zero-order valence-corrected chi connectivity index (χ0v) is 13.7. The van der Waals surface area contributed by atoms with Gasteiger partial charge >= 0.3 is 0 Å². The summed E-state index contributed by atoms with van der Waals surface area (Å²) in [7, 11) is 0. The van der Waals surface area contributed by atoms with Crippen molar-refractivity contribution >= 4 is 5.78 Å². The maximum absolute atomic E-state index is 13.9. The minimum absolute atomic E-state index is 0.0677. The highest BCUT2D eigenvalue weighted by Crippen LogP contribution is 2.33. The van der Waals surface area contributed by atoms with E-state index in [0.29, 0.717) is 29.1 Å². The number of nitrogens with zero attached hydrogens (tertiary/aromatic N) is 4. The molecule has 1 aliphatic rings. The van der Waals surface area contributed by atoms with Gasteiger partial charge in [-0.05, 0) is 38.1 Å². The average molecular weight is 338 g/mol. The van der Waals surface area contributed by atoms with Gasteiger partial charge in [0.1, 0.15) is 23.2 Å². The molecule has 3 aromatic rings. The summed E-state index contributed by atoms with van der Waals surface area (Å²) in [5, 5.41) is 8.21. The van der Waals surface area contributed by atoms with Gasteiger partial charge in [-0.2, -0.15) is 4.39 Å². The Morgan fingerprint density at radius 1 is 1.32 bits per heavy atom. The first-order chi connectivity index (χ1) is 12.0. The van der Waals surface area contributed by atoms with E-state index >= 15 is 0 Å². The summed E-state index contributed by atoms with van der Waals surface area (Å²) in [5.74, 6) is -0.00360. The SMILES string of the molecule is Cc1c(-c2ccc3c(c2)OC(C)CC3=O)nnn1-c1cccnc1F. The van der Waals surface area contributed by atoms with Gasteiger partial charge in [0.05, 0.1) is 11.3 Å². The summed E-state index contributed by atoms with van der Waals surface area (Å²) >= 11 is 0. The van der Waals surface area contributed by atoms with Crippen molar-refractivity contribution in [1.29, 1.82) is 0 Å². The first kappa shape index (κ1) is 15.4. The molecule has 1 aliphatic heterocycles. The van der Waals surface area contributed by atoms with Crippen LogP contribution in [0.5, 0.6) is 5.75 Å². The van der Waals surface area contributed by atoms with Crippen LogP contribution in [0, 0.1) is 12.9 Å². The van der Waals surface area contributed by atoms with Crippen molar-refractivity contribution in [3.8, 4) is 22.7 Å². The average Bonchev–Trinajstić information content (AvgIpc) is 2.96. The number of Topliss-reactive ketones (excluding diaryl/α,β-unsaturated/α-hetero) is 1. The van der Waals surface area contributed by atoms with Gasteiger partial charge in [-0.15, -0.1) is 5.10 Å². The van der Waals surface area contributed by atoms with Crippen LogP contribution >= 0.6 is 0 Å². The summed E-state index contributed by atoms with van der Waals surface area (Å²) in [6.45, 7) is 3.66. The van der Waals surface area contributed by atoms with Gasteiger partial charge in [-0.1, -0.05) is 11.3 Å². The second-order valence-corrected chi connectivity index (χ2v) is 6.02. The summed E-state index contributed by atoms with van der Waals surface area (Å²) in [6, 6.07) is 8.55. The Labute approximate surface area is 143 Å². The largest absolute Gasteiger partial charge is 0.489 e. The lowest BCUT2D eigenvalue weighted by molar-refractivity contribution is 0.0871. The Morgan fingerprint density at radius 2 is 2.16 bits per heavy atom. The minimum atomic E-state index is -0.616. The van der Waals surface area contributed by atoms with Gasteiger partial charge in [0.15, 0.2) is 5.78 Å². The normalized spacial score (nSPS) is 16.4. The molecule has 3 heterocycles. The highest BCUT2D eigenvalue weighted by atomic mass is 19.1. The first-order valence-electron chi connectivity index (χ1n) is 7.92. The maximum atomic E-state index is 13.9. The molecule has 0 bridgehead atoms. The zero-order chi connectivity index (χ0) is 17.6. The van der Waals surface area contributed by atoms with Crippen LogP contribution in [0.4, 0.5) is 4.39 Å². The molecule has 6 nitrogen and oxygen atoms in total. The molecule has 0 aliphatic carbocycles. The van der Waals surface area contributed by atoms with E-state index in [9.17, 15) is 9.18 Å². The van der Waals surface area contributed by atoms with Gasteiger partial charge in [0.2, 0.25) is 5.95 Å². The molecule has 0 saturated heterocycles. The number of ketones is 1. The molecule has 0 spiro atoms. The van der Waals surface area contributed by atoms with E-state index in [1.54, 1.807) is 37.3 Å². The Morgan fingerprint density at radius 3 is 2.96 bits per heavy atom. The Bertz CT molecular complexity index is 983. The molecule has 2 aromatic heterocycles. The smallest absolute Gasteiger partial charge is 0.238 e. The van der Waals surface area contributed by atoms with Crippen molar-refractivity contribution in [2.24, 2.45) is 0 Å². The van der Waals surface area contributed by atoms with E-state index < -0.39 is 5.95 Å². The molecule has 4 rings (SSSR count). The van der Waals surface area contributed by atoms with Gasteiger partial charge in [0, 0.05) is 18.2 Å². The van der Waals surface area contributed by atoms with E-state index in [0.717, 1.165) is 5.56 Å². The van der Waals surface area contributed by atoms with Gasteiger partial charge in [-0.3, -0.25) is 4.79 Å². The molecule has 126 valence electrons. The fourth-order valence-corrected chi connectivity index (χ4v) is 2.99. The number of benzene rings is 1. The number of aromatic nitrogens is 4. The number of ether oxygens (including phenoxy) is 1. The molecule has 0 N–H and O–H groups in total. The quantitative estimate of drug-likeness (QED) is 0.672. The molecule has 1 aromatic carbocycles. The lowest BCUT2D eigenvalue weighted by Crippen LogP contribution is -2.23. The second kappa shape index (κ2) is 5.77. The number of carbonyl (C=O) groups is 1. The molecule has 0 saturated carbocycles. The van der Waals surface area contributed by atoms with Gasteiger partial charge < -0.3 is 4.74 Å². The fourth-order valence-electron chi connectivity index (χ4n) is 2.99. The number of hydrogen-bond acceptors (Lipinski definition) is 5. The van der Waals surface area contributed by atoms with E-state index in [-0.39, 0.29) is 17.6 Å². The maximum Gasteiger partial charge on any atom is 0.238 e. The lowest BCUT2D eigenvalue weighted by Gasteiger charge is -2.22. The van der Waals surface area contributed by atoms with Crippen LogP contribution in [-0.4, -0.2) is 31.9 Å². The number of halogens is 1. The van der Waals surface area contributed by atoms with Crippen molar-refractivity contribution in [3.05, 3.63) is 53.7 Å². The van der Waals surface area contributed by atoms with E-state index in [2.05, 4.69) is 15.3 Å². The topological polar surface area (TPSA) is 69.9 Å². The number of carbonyl (C=O) groups excluding carboxylic acids is 1. The number of hydrogen-bond donors (Lipinski definition) is 0. The highest BCUT2D eigenvalue weighted by Gasteiger charge is 2.25. The summed E-state index contributed by atoms with van der Waals surface area (Å²) in [5.41, 5.74) is 2.83. The molecular formula is C18H15FN4O2. The summed E-state index contributed by atoms with van der Waals surface area (Å²) in [6.07, 6.45) is 1.60. The Balaban J connectivity index is 1.78. The second-order valence-electron chi connectivity index (χ2n) is 6.02. The predicted octanol–water partition coefficient (Wildman–Crippen LogP) is 3.13. The first-order valence-corrected chi connectivity index (χ1v) is 7.92. The molecular weight excluding hydrogens is 323 g/mol. The van der Waals surface area contributed by atoms with Crippen LogP contribution in [0.15, 0.2) is 36.5 Å². The molecule has 1 unspecified atom stereocenters. The molecule has 1 atom stereocenters. The number of fused-ring (bicyclic) bond motifs is 1. The molecule has 0 amide bonds. The molecule has 7 heteroatoms. The standard InChI is InChI=1S/C18H15FN4O2/c1-10-8-15(24)13-6-5-12(9-16(13)25-10)17-11(2)23(22-21-17)14-4-3-7-20-18(14)19/h3-7,9-10H,8H2,1-2H3. The van der Waals surface area contributed by atoms with Crippen LogP contribution in [0.1, 0.15) is 29.4 Å². The molecule has 0 fully saturated rings. The molecule has 25 heavy (non-hydrogen) atoms. The van der Waals surface area contributed by atoms with Crippen molar-refractivity contribution in [2.75, 3.05) is 0 Å². The van der Waals surface area contributed by atoms with Gasteiger partial charge in [-0.25, -0.2) is 9.67 Å². The number of rotatable bonds is 2. The van der Waals surface area contributed by atoms with E-state index in [4.69, 9.17) is 4.74 Å². The lowest BCUT2D eigenvalue weighted by atomic mass is 9.98. The monoisotopic (exact) mass is 338 g/mol. The third kappa shape index (κ3) is 2.57. The van der Waals surface area contributed by atoms with Crippen molar-refractivity contribution in [3.63, 3.8) is 0 Å². The van der Waals surface area contributed by atoms with Crippen LogP contribution in [-0.2, 0) is 0 Å². The van der Waals surface area contributed by atoms with Crippen LogP contribution in [0.2, 0.25) is 0 Å². The number of pyridine rings is 1. The van der Waals surface area contributed by atoms with Crippen LogP contribution < -0.4 is 4.74 Å². The van der Waals surface area contributed by atoms with Crippen LogP contribution in [0.25, 0.3) is 16.9 Å². The van der Waals surface area contributed by atoms with E-state index in [1.807, 2.05) is 6.92 Å². The van der Waals surface area contributed by atoms with E-state index in [1.165, 1.54) is 10.9 Å².